The number of hydrazone groups is 1. The molecule has 0 amide bonds. The maximum atomic E-state index is 5.80. The van der Waals surface area contributed by atoms with Crippen LogP contribution in [0, 0.1) is 0 Å². The molecule has 0 radical (unpaired) electrons. The molecule has 0 aliphatic heterocycles. The SMILES string of the molecule is C(=NNc1cccc2cccnc12)c1ccc(OCc2ccccc2)cc1. The van der Waals surface area contributed by atoms with Gasteiger partial charge in [0.2, 0.25) is 0 Å². The monoisotopic (exact) mass is 353 g/mol. The fourth-order valence-electron chi connectivity index (χ4n) is 2.76. The molecule has 0 aliphatic carbocycles. The molecule has 0 bridgehead atoms. The van der Waals surface area contributed by atoms with Gasteiger partial charge in [-0.3, -0.25) is 10.4 Å². The summed E-state index contributed by atoms with van der Waals surface area (Å²) in [6.45, 7) is 0.559. The van der Waals surface area contributed by atoms with Crippen LogP contribution in [0.3, 0.4) is 0 Å². The lowest BCUT2D eigenvalue weighted by Crippen LogP contribution is -1.95. The molecule has 1 N–H and O–H groups in total. The topological polar surface area (TPSA) is 46.5 Å². The smallest absolute Gasteiger partial charge is 0.119 e. The van der Waals surface area contributed by atoms with Crippen molar-refractivity contribution >= 4 is 22.8 Å². The normalized spacial score (nSPS) is 11.0. The average molecular weight is 353 g/mol. The van der Waals surface area contributed by atoms with Gasteiger partial charge in [0.25, 0.3) is 0 Å². The van der Waals surface area contributed by atoms with E-state index in [1.807, 2.05) is 72.8 Å². The highest BCUT2D eigenvalue weighted by molar-refractivity contribution is 5.90. The van der Waals surface area contributed by atoms with Crippen LogP contribution in [-0.4, -0.2) is 11.2 Å². The number of rotatable bonds is 6. The van der Waals surface area contributed by atoms with Crippen LogP contribution < -0.4 is 10.2 Å². The molecule has 4 aromatic rings. The molecule has 0 atom stereocenters. The van der Waals surface area contributed by atoms with E-state index in [0.717, 1.165) is 33.5 Å². The van der Waals surface area contributed by atoms with E-state index in [9.17, 15) is 0 Å². The van der Waals surface area contributed by atoms with E-state index in [0.29, 0.717) is 6.61 Å². The Morgan fingerprint density at radius 1 is 0.852 bits per heavy atom. The summed E-state index contributed by atoms with van der Waals surface area (Å²) in [6.07, 6.45) is 3.56. The van der Waals surface area contributed by atoms with Gasteiger partial charge in [0, 0.05) is 11.6 Å². The summed E-state index contributed by atoms with van der Waals surface area (Å²) in [5.41, 5.74) is 7.00. The first-order valence-electron chi connectivity index (χ1n) is 8.78. The van der Waals surface area contributed by atoms with Crippen molar-refractivity contribution in [2.45, 2.75) is 6.61 Å². The highest BCUT2D eigenvalue weighted by Gasteiger charge is 2.00. The number of hydrogen-bond donors (Lipinski definition) is 1. The van der Waals surface area contributed by atoms with Crippen molar-refractivity contribution in [2.75, 3.05) is 5.43 Å². The summed E-state index contributed by atoms with van der Waals surface area (Å²) in [5.74, 6) is 0.835. The zero-order valence-corrected chi connectivity index (χ0v) is 14.7. The molecule has 1 aromatic heterocycles. The maximum Gasteiger partial charge on any atom is 0.119 e. The first-order valence-corrected chi connectivity index (χ1v) is 8.78. The Morgan fingerprint density at radius 3 is 2.52 bits per heavy atom. The highest BCUT2D eigenvalue weighted by atomic mass is 16.5. The van der Waals surface area contributed by atoms with Crippen LogP contribution in [0.4, 0.5) is 5.69 Å². The lowest BCUT2D eigenvalue weighted by atomic mass is 10.2. The van der Waals surface area contributed by atoms with Gasteiger partial charge in [0.1, 0.15) is 12.4 Å². The van der Waals surface area contributed by atoms with E-state index in [2.05, 4.69) is 27.6 Å². The summed E-state index contributed by atoms with van der Waals surface area (Å²) in [6, 6.07) is 27.9. The summed E-state index contributed by atoms with van der Waals surface area (Å²) < 4.78 is 5.80. The third-order valence-corrected chi connectivity index (χ3v) is 4.16. The van der Waals surface area contributed by atoms with Crippen LogP contribution in [0.5, 0.6) is 5.75 Å². The number of benzene rings is 3. The van der Waals surface area contributed by atoms with Gasteiger partial charge in [-0.25, -0.2) is 0 Å². The van der Waals surface area contributed by atoms with Crippen molar-refractivity contribution in [2.24, 2.45) is 5.10 Å². The van der Waals surface area contributed by atoms with Crippen molar-refractivity contribution in [1.82, 2.24) is 4.98 Å². The molecule has 0 spiro atoms. The van der Waals surface area contributed by atoms with Crippen molar-refractivity contribution < 1.29 is 4.74 Å². The maximum absolute atomic E-state index is 5.80. The fraction of sp³-hybridized carbons (Fsp3) is 0.0435. The Bertz CT molecular complexity index is 1040. The van der Waals surface area contributed by atoms with Crippen LogP contribution in [0.25, 0.3) is 10.9 Å². The molecule has 3 aromatic carbocycles. The second-order valence-electron chi connectivity index (χ2n) is 6.09. The number of fused-ring (bicyclic) bond motifs is 1. The van der Waals surface area contributed by atoms with Crippen LogP contribution in [0.2, 0.25) is 0 Å². The largest absolute Gasteiger partial charge is 0.489 e. The number of pyridine rings is 1. The molecule has 4 heteroatoms. The Labute approximate surface area is 158 Å². The lowest BCUT2D eigenvalue weighted by molar-refractivity contribution is 0.306. The lowest BCUT2D eigenvalue weighted by Gasteiger charge is -2.06. The van der Waals surface area contributed by atoms with Gasteiger partial charge in [0.15, 0.2) is 0 Å². The van der Waals surface area contributed by atoms with Gasteiger partial charge in [-0.2, -0.15) is 5.10 Å². The molecule has 0 unspecified atom stereocenters. The van der Waals surface area contributed by atoms with Crippen molar-refractivity contribution in [1.29, 1.82) is 0 Å². The first kappa shape index (κ1) is 16.8. The molecule has 0 fully saturated rings. The number of hydrogen-bond acceptors (Lipinski definition) is 4. The number of aromatic nitrogens is 1. The predicted octanol–water partition coefficient (Wildman–Crippen LogP) is 5.26. The van der Waals surface area contributed by atoms with E-state index in [4.69, 9.17) is 4.74 Å². The van der Waals surface area contributed by atoms with Gasteiger partial charge in [-0.15, -0.1) is 0 Å². The van der Waals surface area contributed by atoms with E-state index in [1.54, 1.807) is 12.4 Å². The number of para-hydroxylation sites is 1. The molecule has 1 heterocycles. The third-order valence-electron chi connectivity index (χ3n) is 4.16. The van der Waals surface area contributed by atoms with Crippen molar-refractivity contribution in [3.8, 4) is 5.75 Å². The molecule has 0 saturated heterocycles. The molecule has 132 valence electrons. The molecular formula is C23H19N3O. The van der Waals surface area contributed by atoms with Gasteiger partial charge in [-0.1, -0.05) is 48.5 Å². The van der Waals surface area contributed by atoms with E-state index in [1.165, 1.54) is 0 Å². The minimum Gasteiger partial charge on any atom is -0.489 e. The van der Waals surface area contributed by atoms with Gasteiger partial charge < -0.3 is 4.74 Å². The molecule has 27 heavy (non-hydrogen) atoms. The number of nitrogens with one attached hydrogen (secondary N) is 1. The summed E-state index contributed by atoms with van der Waals surface area (Å²) in [7, 11) is 0. The van der Waals surface area contributed by atoms with Gasteiger partial charge in [0.05, 0.1) is 17.4 Å². The third kappa shape index (κ3) is 4.30. The van der Waals surface area contributed by atoms with Crippen LogP contribution >= 0.6 is 0 Å². The molecule has 0 aliphatic rings. The fourth-order valence-corrected chi connectivity index (χ4v) is 2.76. The predicted molar refractivity (Wildman–Crippen MR) is 110 cm³/mol. The minimum atomic E-state index is 0.559. The number of ether oxygens (including phenoxy) is 1. The van der Waals surface area contributed by atoms with Crippen LogP contribution in [-0.2, 0) is 6.61 Å². The Morgan fingerprint density at radius 2 is 1.67 bits per heavy atom. The van der Waals surface area contributed by atoms with E-state index >= 15 is 0 Å². The number of anilines is 1. The van der Waals surface area contributed by atoms with Crippen molar-refractivity contribution in [3.05, 3.63) is 102 Å². The summed E-state index contributed by atoms with van der Waals surface area (Å²) >= 11 is 0. The second-order valence-corrected chi connectivity index (χ2v) is 6.09. The Balaban J connectivity index is 1.38. The molecule has 0 saturated carbocycles. The first-order chi connectivity index (χ1) is 13.4. The number of nitrogens with zero attached hydrogens (tertiary/aromatic N) is 2. The minimum absolute atomic E-state index is 0.559. The summed E-state index contributed by atoms with van der Waals surface area (Å²) in [4.78, 5) is 4.41. The highest BCUT2D eigenvalue weighted by Crippen LogP contribution is 2.20. The molecular weight excluding hydrogens is 334 g/mol. The Kier molecular flexibility index (Phi) is 5.07. The second kappa shape index (κ2) is 8.15. The van der Waals surface area contributed by atoms with E-state index < -0.39 is 0 Å². The quantitative estimate of drug-likeness (QED) is 0.380. The summed E-state index contributed by atoms with van der Waals surface area (Å²) in [5, 5.41) is 5.41. The van der Waals surface area contributed by atoms with E-state index in [-0.39, 0.29) is 0 Å². The van der Waals surface area contributed by atoms with Gasteiger partial charge in [-0.05, 0) is 47.5 Å². The van der Waals surface area contributed by atoms with Crippen LogP contribution in [0.15, 0.2) is 96.2 Å². The molecule has 4 rings (SSSR count). The average Bonchev–Trinajstić information content (AvgIpc) is 2.74. The Hall–Kier alpha value is -3.66. The zero-order chi connectivity index (χ0) is 18.3. The van der Waals surface area contributed by atoms with Crippen LogP contribution in [0.1, 0.15) is 11.1 Å². The molecule has 4 nitrogen and oxygen atoms in total. The van der Waals surface area contributed by atoms with Gasteiger partial charge >= 0.3 is 0 Å². The standard InChI is InChI=1S/C23H19N3O/c1-2-6-19(7-3-1)17-27-21-13-11-18(12-14-21)16-25-26-22-10-4-8-20-9-5-15-24-23(20)22/h1-16,26H,17H2. The zero-order valence-electron chi connectivity index (χ0n) is 14.7. The van der Waals surface area contributed by atoms with Crippen molar-refractivity contribution in [3.63, 3.8) is 0 Å².